The third kappa shape index (κ3) is 7.74. The van der Waals surface area contributed by atoms with Crippen molar-refractivity contribution in [1.29, 1.82) is 0 Å². The Morgan fingerprint density at radius 3 is 2.37 bits per heavy atom. The van der Waals surface area contributed by atoms with Crippen molar-refractivity contribution in [2.45, 2.75) is 38.1 Å². The van der Waals surface area contributed by atoms with Gasteiger partial charge in [-0.1, -0.05) is 5.16 Å². The van der Waals surface area contributed by atoms with Gasteiger partial charge in [0.1, 0.15) is 18.3 Å². The minimum Gasteiger partial charge on any atom is -0.731 e. The predicted molar refractivity (Wildman–Crippen MR) is 133 cm³/mol. The van der Waals surface area contributed by atoms with E-state index in [0.29, 0.717) is 5.56 Å². The Hall–Kier alpha value is -3.69. The molecule has 1 saturated heterocycles. The third-order valence-corrected chi connectivity index (χ3v) is 6.79. The molecular formula is C20H20N7NaO11S2. The number of rotatable bonds is 11. The first-order valence-corrected chi connectivity index (χ1v) is 13.0. The van der Waals surface area contributed by atoms with Gasteiger partial charge in [0, 0.05) is 17.5 Å². The molecule has 2 heterocycles. The molecule has 21 heteroatoms. The number of oxime groups is 1. The molecule has 5 N–H and O–H groups in total. The Balaban J connectivity index is 0.00000588. The first-order chi connectivity index (χ1) is 18.5. The Morgan fingerprint density at radius 1 is 1.27 bits per heavy atom. The van der Waals surface area contributed by atoms with Gasteiger partial charge in [-0.3, -0.25) is 24.5 Å². The molecule has 18 nitrogen and oxygen atoms in total. The molecule has 0 radical (unpaired) electrons. The average Bonchev–Trinajstić information content (AvgIpc) is 3.28. The zero-order valence-electron chi connectivity index (χ0n) is 21.5. The van der Waals surface area contributed by atoms with E-state index in [4.69, 9.17) is 21.0 Å². The second-order valence-electron chi connectivity index (χ2n) is 8.50. The minimum absolute atomic E-state index is 0. The van der Waals surface area contributed by atoms with Crippen LogP contribution in [-0.2, 0) is 45.7 Å². The summed E-state index contributed by atoms with van der Waals surface area (Å²) in [6.45, 7) is 2.21. The van der Waals surface area contributed by atoms with E-state index in [-0.39, 0.29) is 57.0 Å². The van der Waals surface area contributed by atoms with Crippen LogP contribution in [0.3, 0.4) is 0 Å². The van der Waals surface area contributed by atoms with E-state index < -0.39 is 62.3 Å². The molecule has 1 aliphatic heterocycles. The molecule has 0 spiro atoms. The number of non-ortho nitro benzene ring substituents is 1. The topological polar surface area (TPSA) is 280 Å². The molecule has 0 bridgehead atoms. The number of β-lactam (4-membered cyclic amide) rings is 1. The number of nitrogens with zero attached hydrogens (tertiary/aromatic N) is 4. The van der Waals surface area contributed by atoms with Crippen LogP contribution in [0.25, 0.3) is 0 Å². The van der Waals surface area contributed by atoms with Crippen molar-refractivity contribution >= 4 is 61.9 Å². The van der Waals surface area contributed by atoms with E-state index in [9.17, 15) is 42.3 Å². The number of nitrogens with one attached hydrogen (secondary N) is 1. The Kier molecular flexibility index (Phi) is 10.5. The number of primary amides is 1. The van der Waals surface area contributed by atoms with Gasteiger partial charge in [0.25, 0.3) is 17.5 Å². The number of thiazole rings is 1. The molecule has 41 heavy (non-hydrogen) atoms. The molecular weight excluding hydrogens is 601 g/mol. The quantitative estimate of drug-likeness (QED) is 0.0406. The normalized spacial score (nSPS) is 17.1. The number of amides is 3. The number of nitrogens with two attached hydrogens (primary N) is 2. The molecule has 0 saturated carbocycles. The maximum Gasteiger partial charge on any atom is 1.00 e. The number of ether oxygens (including phenoxy) is 1. The van der Waals surface area contributed by atoms with E-state index in [1.165, 1.54) is 43.5 Å². The average molecular weight is 622 g/mol. The van der Waals surface area contributed by atoms with Gasteiger partial charge < -0.3 is 30.9 Å². The minimum atomic E-state index is -5.40. The monoisotopic (exact) mass is 621 g/mol. The van der Waals surface area contributed by atoms with E-state index in [0.717, 1.165) is 11.3 Å². The van der Waals surface area contributed by atoms with E-state index in [2.05, 4.69) is 10.1 Å². The largest absolute Gasteiger partial charge is 1.00 e. The van der Waals surface area contributed by atoms with Gasteiger partial charge in [-0.05, 0) is 31.5 Å². The number of hydrogen-bond donors (Lipinski definition) is 3. The number of anilines is 1. The molecule has 2 aromatic rings. The number of carbonyl (C=O) groups excluding carboxylic acids is 4. The molecule has 1 fully saturated rings. The first kappa shape index (κ1) is 33.5. The zero-order chi connectivity index (χ0) is 30.0. The number of esters is 1. The second-order valence-corrected chi connectivity index (χ2v) is 10.6. The first-order valence-electron chi connectivity index (χ1n) is 10.8. The molecule has 1 aromatic heterocycles. The Labute approximate surface area is 257 Å². The summed E-state index contributed by atoms with van der Waals surface area (Å²) in [4.78, 5) is 68.8. The van der Waals surface area contributed by atoms with Gasteiger partial charge in [-0.25, -0.2) is 22.5 Å². The molecule has 3 amide bonds. The van der Waals surface area contributed by atoms with Crippen LogP contribution >= 0.6 is 11.3 Å². The number of carbonyl (C=O) groups is 4. The Bertz CT molecular complexity index is 1510. The number of aromatic nitrogens is 1. The number of benzene rings is 1. The van der Waals surface area contributed by atoms with Crippen molar-refractivity contribution in [2.24, 2.45) is 10.9 Å². The molecule has 2 atom stereocenters. The maximum atomic E-state index is 13.0. The van der Waals surface area contributed by atoms with Crippen LogP contribution in [0.5, 0.6) is 0 Å². The van der Waals surface area contributed by atoms with Crippen molar-refractivity contribution in [2.75, 3.05) is 5.73 Å². The third-order valence-electron chi connectivity index (χ3n) is 5.22. The summed E-state index contributed by atoms with van der Waals surface area (Å²) in [5, 5.41) is 17.7. The standard InChI is InChI=1S/C20H21N7O11S2.Na/c1-20(2,18(31)37-7-9-3-5-10(6-4-9)27(32)33)38-25-12(11-8-39-19(22)23-11)16(29)24-13-14(15(21)28)26(17(13)30)40(34,35)36;/h3-6,8,13-14H,7H2,1-2H3,(H2,21,28)(H2,22,23)(H,24,29)(H,34,35,36);/q;+1/p-1/b25-12+;/t13-,14-;/m0./s1. The summed E-state index contributed by atoms with van der Waals surface area (Å²) in [6, 6.07) is 1.39. The molecule has 0 unspecified atom stereocenters. The van der Waals surface area contributed by atoms with Crippen molar-refractivity contribution in [3.63, 3.8) is 0 Å². The van der Waals surface area contributed by atoms with Crippen LogP contribution in [0.15, 0.2) is 34.8 Å². The van der Waals surface area contributed by atoms with Crippen molar-refractivity contribution < 1.29 is 76.2 Å². The fraction of sp³-hybridized carbons (Fsp3) is 0.300. The summed E-state index contributed by atoms with van der Waals surface area (Å²) < 4.78 is 38.7. The van der Waals surface area contributed by atoms with E-state index in [1.807, 2.05) is 5.32 Å². The fourth-order valence-electron chi connectivity index (χ4n) is 3.18. The predicted octanol–water partition coefficient (Wildman–Crippen LogP) is -4.48. The fourth-order valence-corrected chi connectivity index (χ4v) is 4.56. The van der Waals surface area contributed by atoms with Gasteiger partial charge in [0.15, 0.2) is 27.2 Å². The number of nitro groups is 1. The molecule has 3 rings (SSSR count). The van der Waals surface area contributed by atoms with Gasteiger partial charge in [-0.15, -0.1) is 11.3 Å². The van der Waals surface area contributed by atoms with Crippen LogP contribution in [0.2, 0.25) is 0 Å². The van der Waals surface area contributed by atoms with Gasteiger partial charge in [-0.2, -0.15) is 0 Å². The van der Waals surface area contributed by atoms with Crippen molar-refractivity contribution in [3.8, 4) is 0 Å². The molecule has 1 aromatic carbocycles. The summed E-state index contributed by atoms with van der Waals surface area (Å²) in [7, 11) is -5.40. The summed E-state index contributed by atoms with van der Waals surface area (Å²) in [5.74, 6) is -4.96. The van der Waals surface area contributed by atoms with E-state index >= 15 is 0 Å². The molecule has 1 aliphatic rings. The van der Waals surface area contributed by atoms with Crippen LogP contribution < -0.4 is 46.3 Å². The van der Waals surface area contributed by atoms with Gasteiger partial charge in [0.05, 0.1) is 4.92 Å². The maximum absolute atomic E-state index is 13.0. The zero-order valence-corrected chi connectivity index (χ0v) is 25.1. The van der Waals surface area contributed by atoms with E-state index in [1.54, 1.807) is 0 Å². The smallest absolute Gasteiger partial charge is 0.731 e. The summed E-state index contributed by atoms with van der Waals surface area (Å²) in [6.07, 6.45) is 0. The number of nitrogen functional groups attached to an aromatic ring is 1. The van der Waals surface area contributed by atoms with Crippen LogP contribution in [-0.4, -0.2) is 74.3 Å². The van der Waals surface area contributed by atoms with Crippen LogP contribution in [0, 0.1) is 10.1 Å². The van der Waals surface area contributed by atoms with Crippen LogP contribution in [0.4, 0.5) is 10.8 Å². The van der Waals surface area contributed by atoms with Crippen molar-refractivity contribution in [3.05, 3.63) is 51.0 Å². The molecule has 0 aliphatic carbocycles. The second kappa shape index (κ2) is 12.9. The van der Waals surface area contributed by atoms with Crippen LogP contribution in [0.1, 0.15) is 25.1 Å². The van der Waals surface area contributed by atoms with Crippen molar-refractivity contribution in [1.82, 2.24) is 14.6 Å². The SMILES string of the molecule is CC(C)(O/N=C(/C(=O)N[C@@H]1C(=O)N(S(=O)(=O)[O-])[C@@H]1C(N)=O)c1csc(N)n1)C(=O)OCc1ccc([N+](=O)[O-])cc1.[Na+]. The van der Waals surface area contributed by atoms with Gasteiger partial charge in [0.2, 0.25) is 11.5 Å². The Morgan fingerprint density at radius 2 is 1.88 bits per heavy atom. The summed E-state index contributed by atoms with van der Waals surface area (Å²) in [5.41, 5.74) is 8.34. The number of hydrogen-bond acceptors (Lipinski definition) is 15. The molecule has 214 valence electrons. The van der Waals surface area contributed by atoms with Gasteiger partial charge >= 0.3 is 35.5 Å². The summed E-state index contributed by atoms with van der Waals surface area (Å²) >= 11 is 0.893. The number of nitro benzene ring substituents is 1.